The van der Waals surface area contributed by atoms with E-state index in [9.17, 15) is 48.0 Å². The second-order valence-corrected chi connectivity index (χ2v) is 13.4. The normalized spacial score (nSPS) is 9.68. The minimum Gasteiger partial charge on any atom is -0.545 e. The maximum Gasteiger partial charge on any atom is 2.00 e. The van der Waals surface area contributed by atoms with Gasteiger partial charge in [0.2, 0.25) is 9.84 Å². The second-order valence-electron chi connectivity index (χ2n) is 11.5. The summed E-state index contributed by atoms with van der Waals surface area (Å²) in [7, 11) is -4.54. The van der Waals surface area contributed by atoms with E-state index < -0.39 is 65.8 Å². The molecule has 0 amide bonds. The summed E-state index contributed by atoms with van der Waals surface area (Å²) in [5.41, 5.74) is 0.325. The van der Waals surface area contributed by atoms with E-state index in [0.29, 0.717) is 24.3 Å². The molecule has 0 fully saturated rings. The van der Waals surface area contributed by atoms with E-state index in [0.717, 1.165) is 55.7 Å². The molecule has 8 rings (SSSR count). The maximum atomic E-state index is 12.6. The number of sulfone groups is 1. The van der Waals surface area contributed by atoms with Crippen molar-refractivity contribution in [1.29, 1.82) is 0 Å². The summed E-state index contributed by atoms with van der Waals surface area (Å²) in [4.78, 5) is 59.9. The van der Waals surface area contributed by atoms with Gasteiger partial charge in [-0.15, -0.1) is 0 Å². The molecular weight excluding hydrogens is 918 g/mol. The molecule has 322 valence electrons. The molecule has 0 spiro atoms. The van der Waals surface area contributed by atoms with Crippen LogP contribution in [0.25, 0.3) is 43.6 Å². The summed E-state index contributed by atoms with van der Waals surface area (Å²) in [6.45, 7) is 0. The van der Waals surface area contributed by atoms with Gasteiger partial charge in [0.25, 0.3) is 0 Å². The number of aromatic carboxylic acids is 4. The molecule has 0 aliphatic carbocycles. The van der Waals surface area contributed by atoms with Crippen LogP contribution in [0.3, 0.4) is 0 Å². The van der Waals surface area contributed by atoms with Crippen molar-refractivity contribution < 1.29 is 110 Å². The molecule has 15 N–H and O–H groups in total. The number of nitrogens with zero attached hydrogens (tertiary/aromatic N) is 4. The molecule has 0 bridgehead atoms. The van der Waals surface area contributed by atoms with Crippen molar-refractivity contribution in [1.82, 2.24) is 19.9 Å². The van der Waals surface area contributed by atoms with Gasteiger partial charge in [0.05, 0.1) is 55.7 Å². The molecule has 0 unspecified atom stereocenters. The SMILES string of the molecule is O=C([O-])c1ccc(S(=O)(=O)c2ccc(C(=O)[O-])c(C(=O)[O-])c2)cc1C(=O)[O-].[Mn+2].[Mn+2].[OH3+].[OH3+].[OH3+].[OH3+].[OH3+].c1cnc2c(c1)ccc1cccnc12.c1cnc2c(c1)ccc1cccnc12. The zero-order valence-corrected chi connectivity index (χ0v) is 34.8. The molecule has 0 saturated heterocycles. The molecule has 22 heteroatoms. The van der Waals surface area contributed by atoms with Crippen molar-refractivity contribution in [2.75, 3.05) is 0 Å². The van der Waals surface area contributed by atoms with Gasteiger partial charge in [-0.05, 0) is 48.5 Å². The van der Waals surface area contributed by atoms with Gasteiger partial charge in [0.15, 0.2) is 0 Å². The Kier molecular flexibility index (Phi) is 22.6. The van der Waals surface area contributed by atoms with Crippen LogP contribution in [-0.2, 0) is 71.4 Å². The Morgan fingerprint density at radius 3 is 0.839 bits per heavy atom. The van der Waals surface area contributed by atoms with Crippen LogP contribution in [0, 0.1) is 0 Å². The third kappa shape index (κ3) is 12.2. The van der Waals surface area contributed by atoms with Crippen molar-refractivity contribution in [3.05, 3.63) is 156 Å². The van der Waals surface area contributed by atoms with E-state index in [1.54, 1.807) is 24.8 Å². The standard InChI is InChI=1S/C16H10O10S.2C12H8N2.2Mn.5H2O/c17-13(18)9-3-1-7(5-11(9)15(21)22)27(25,26)8-2-4-10(14(19)20)12(6-8)16(23)24;2*1-3-9-5-6-10-4-2-8-14-12(10)11(9)13-7-1;;;;;;;/h1-6H,(H,17,18)(H,19,20)(H,21,22)(H,23,24);2*1-8H;;;5*1H2/q;;;2*+2;;;;;/p+1. The van der Waals surface area contributed by atoms with E-state index in [-0.39, 0.29) is 61.5 Å². The topological polar surface area (TPSA) is 411 Å². The summed E-state index contributed by atoms with van der Waals surface area (Å²) in [5.74, 6) is -7.71. The first-order chi connectivity index (χ1) is 26.4. The van der Waals surface area contributed by atoms with Gasteiger partial charge in [-0.25, -0.2) is 8.42 Å². The zero-order valence-electron chi connectivity index (χ0n) is 31.6. The quantitative estimate of drug-likeness (QED) is 0.0907. The Labute approximate surface area is 371 Å². The first-order valence-electron chi connectivity index (χ1n) is 15.9. The number of hydrogen-bond donors (Lipinski definition) is 0. The van der Waals surface area contributed by atoms with Crippen LogP contribution in [0.5, 0.6) is 0 Å². The van der Waals surface area contributed by atoms with E-state index in [1.165, 1.54) is 0 Å². The summed E-state index contributed by atoms with van der Waals surface area (Å²) in [6, 6.07) is 28.1. The first-order valence-corrected chi connectivity index (χ1v) is 17.4. The molecule has 62 heavy (non-hydrogen) atoms. The fourth-order valence-electron chi connectivity index (χ4n) is 5.57. The number of pyridine rings is 4. The van der Waals surface area contributed by atoms with Gasteiger partial charge in [-0.2, -0.15) is 0 Å². The fourth-order valence-corrected chi connectivity index (χ4v) is 6.88. The third-order valence-electron chi connectivity index (χ3n) is 8.17. The number of carbonyl (C=O) groups is 4. The van der Waals surface area contributed by atoms with Crippen molar-refractivity contribution in [2.24, 2.45) is 0 Å². The van der Waals surface area contributed by atoms with Gasteiger partial charge < -0.3 is 67.0 Å². The number of rotatable bonds is 6. The smallest absolute Gasteiger partial charge is 0.545 e. The predicted molar refractivity (Wildman–Crippen MR) is 214 cm³/mol. The maximum absolute atomic E-state index is 12.6. The molecule has 4 aromatic heterocycles. The van der Waals surface area contributed by atoms with Crippen LogP contribution in [0.2, 0.25) is 0 Å². The van der Waals surface area contributed by atoms with Crippen LogP contribution in [-0.4, -0.2) is 52.2 Å². The second kappa shape index (κ2) is 24.4. The Morgan fingerprint density at radius 2 is 0.613 bits per heavy atom. The minimum absolute atomic E-state index is 0. The van der Waals surface area contributed by atoms with E-state index >= 15 is 0 Å². The zero-order chi connectivity index (χ0) is 39.3. The van der Waals surface area contributed by atoms with Crippen molar-refractivity contribution >= 4 is 77.3 Å². The van der Waals surface area contributed by atoms with Crippen LogP contribution < -0.4 is 20.4 Å². The molecule has 4 heterocycles. The largest absolute Gasteiger partial charge is 2.00 e. The average molecular weight is 956 g/mol. The fraction of sp³-hybridized carbons (Fsp3) is 0. The molecule has 0 aliphatic rings. The minimum atomic E-state index is -4.54. The first kappa shape index (κ1) is 57.3. The molecule has 0 aliphatic heterocycles. The molecule has 2 radical (unpaired) electrons. The number of hydrogen-bond acceptors (Lipinski definition) is 14. The van der Waals surface area contributed by atoms with Crippen LogP contribution in [0.4, 0.5) is 0 Å². The Balaban J connectivity index is 0. The Morgan fingerprint density at radius 1 is 0.371 bits per heavy atom. The molecule has 4 aromatic carbocycles. The van der Waals surface area contributed by atoms with Crippen LogP contribution >= 0.6 is 0 Å². The number of benzene rings is 4. The molecule has 0 saturated carbocycles. The summed E-state index contributed by atoms with van der Waals surface area (Å²) in [6.07, 6.45) is 7.21. The summed E-state index contributed by atoms with van der Waals surface area (Å²) in [5, 5.41) is 48.4. The van der Waals surface area contributed by atoms with Gasteiger partial charge in [0.1, 0.15) is 0 Å². The summed E-state index contributed by atoms with van der Waals surface area (Å²) < 4.78 is 25.2. The molecule has 19 nitrogen and oxygen atoms in total. The van der Waals surface area contributed by atoms with Crippen molar-refractivity contribution in [2.45, 2.75) is 9.79 Å². The monoisotopic (exact) mass is 955 g/mol. The molecule has 8 aromatic rings. The number of aromatic nitrogens is 4. The number of carboxylic acid groups (broad SMARTS) is 4. The van der Waals surface area contributed by atoms with Crippen LogP contribution in [0.15, 0.2) is 144 Å². The van der Waals surface area contributed by atoms with Crippen molar-refractivity contribution in [3.63, 3.8) is 0 Å². The van der Waals surface area contributed by atoms with E-state index in [4.69, 9.17) is 0 Å². The van der Waals surface area contributed by atoms with Gasteiger partial charge in [-0.3, -0.25) is 19.9 Å². The predicted octanol–water partition coefficient (Wildman–Crippen LogP) is -3.08. The Bertz CT molecular complexity index is 2660. The van der Waals surface area contributed by atoms with Gasteiger partial charge in [-0.1, -0.05) is 60.7 Å². The third-order valence-corrected chi connectivity index (χ3v) is 9.92. The van der Waals surface area contributed by atoms with Crippen molar-refractivity contribution in [3.8, 4) is 0 Å². The van der Waals surface area contributed by atoms with Crippen LogP contribution in [0.1, 0.15) is 41.4 Å². The number of fused-ring (bicyclic) bond motifs is 6. The van der Waals surface area contributed by atoms with E-state index in [1.807, 2.05) is 24.3 Å². The number of carboxylic acids is 4. The molecular formula is C40H37Mn2N4O15S+5. The van der Waals surface area contributed by atoms with Gasteiger partial charge >= 0.3 is 34.1 Å². The average Bonchev–Trinajstić information content (AvgIpc) is 3.20. The number of carbonyl (C=O) groups excluding carboxylic acids is 4. The van der Waals surface area contributed by atoms with E-state index in [2.05, 4.69) is 68.5 Å². The molecule has 0 atom stereocenters. The Hall–Kier alpha value is -6.81. The summed E-state index contributed by atoms with van der Waals surface area (Å²) >= 11 is 0. The van der Waals surface area contributed by atoms with Gasteiger partial charge in [0, 0.05) is 68.6 Å².